The maximum absolute atomic E-state index is 11.9. The summed E-state index contributed by atoms with van der Waals surface area (Å²) >= 11 is 0. The Kier molecular flexibility index (Phi) is 4.65. The van der Waals surface area contributed by atoms with Crippen LogP contribution < -0.4 is 4.72 Å². The fraction of sp³-hybridized carbons (Fsp3) is 0.364. The van der Waals surface area contributed by atoms with Crippen LogP contribution in [-0.4, -0.2) is 26.0 Å². The molecule has 0 aliphatic rings. The summed E-state index contributed by atoms with van der Waals surface area (Å²) in [6, 6.07) is 6.67. The molecule has 0 unspecified atom stereocenters. The molecular formula is C11H15NO4S. The van der Waals surface area contributed by atoms with Gasteiger partial charge in [-0.2, -0.15) is 0 Å². The summed E-state index contributed by atoms with van der Waals surface area (Å²) in [4.78, 5) is 10.5. The minimum absolute atomic E-state index is 0.101. The summed E-state index contributed by atoms with van der Waals surface area (Å²) in [6.07, 6.45) is 0.379. The molecule has 0 saturated carbocycles. The summed E-state index contributed by atoms with van der Waals surface area (Å²) in [5.41, 5.74) is 0.718. The van der Waals surface area contributed by atoms with Crippen molar-refractivity contribution in [1.82, 2.24) is 4.72 Å². The van der Waals surface area contributed by atoms with Crippen molar-refractivity contribution in [2.24, 2.45) is 0 Å². The number of aryl methyl sites for hydroxylation is 1. The molecule has 0 saturated heterocycles. The Morgan fingerprint density at radius 2 is 2.00 bits per heavy atom. The van der Waals surface area contributed by atoms with Gasteiger partial charge in [0.15, 0.2) is 0 Å². The average Bonchev–Trinajstić information content (AvgIpc) is 2.28. The van der Waals surface area contributed by atoms with E-state index in [0.29, 0.717) is 6.42 Å². The largest absolute Gasteiger partial charge is 0.481 e. The highest BCUT2D eigenvalue weighted by Crippen LogP contribution is 2.15. The fourth-order valence-electron chi connectivity index (χ4n) is 1.43. The number of hydrogen-bond acceptors (Lipinski definition) is 3. The van der Waals surface area contributed by atoms with Crippen LogP contribution in [0.4, 0.5) is 0 Å². The lowest BCUT2D eigenvalue weighted by molar-refractivity contribution is -0.136. The molecule has 0 aliphatic carbocycles. The van der Waals surface area contributed by atoms with E-state index in [9.17, 15) is 13.2 Å². The zero-order valence-electron chi connectivity index (χ0n) is 9.51. The highest BCUT2D eigenvalue weighted by atomic mass is 32.2. The quantitative estimate of drug-likeness (QED) is 0.796. The van der Waals surface area contributed by atoms with Crippen molar-refractivity contribution in [3.05, 3.63) is 29.8 Å². The number of aliphatic carboxylic acids is 1. The molecule has 6 heteroatoms. The first kappa shape index (κ1) is 13.7. The summed E-state index contributed by atoms with van der Waals surface area (Å²) in [5, 5.41) is 8.45. The van der Waals surface area contributed by atoms with Crippen LogP contribution in [0.5, 0.6) is 0 Å². The molecule has 0 spiro atoms. The van der Waals surface area contributed by atoms with Gasteiger partial charge in [0, 0.05) is 6.54 Å². The Bertz CT molecular complexity index is 496. The molecule has 5 nitrogen and oxygen atoms in total. The second-order valence-electron chi connectivity index (χ2n) is 3.50. The number of carboxylic acids is 1. The second kappa shape index (κ2) is 5.79. The van der Waals surface area contributed by atoms with Gasteiger partial charge in [-0.25, -0.2) is 13.1 Å². The summed E-state index contributed by atoms with van der Waals surface area (Å²) in [6.45, 7) is 1.77. The third kappa shape index (κ3) is 3.83. The molecule has 1 rings (SSSR count). The van der Waals surface area contributed by atoms with Gasteiger partial charge in [-0.05, 0) is 18.1 Å². The van der Waals surface area contributed by atoms with E-state index in [1.54, 1.807) is 18.2 Å². The predicted molar refractivity (Wildman–Crippen MR) is 63.3 cm³/mol. The first-order valence-electron chi connectivity index (χ1n) is 5.26. The molecule has 0 aromatic heterocycles. The van der Waals surface area contributed by atoms with Gasteiger partial charge in [-0.3, -0.25) is 4.79 Å². The summed E-state index contributed by atoms with van der Waals surface area (Å²) in [7, 11) is -3.61. The molecule has 1 aromatic rings. The molecule has 17 heavy (non-hydrogen) atoms. The second-order valence-corrected chi connectivity index (χ2v) is 5.24. The lowest BCUT2D eigenvalue weighted by atomic mass is 10.2. The van der Waals surface area contributed by atoms with Gasteiger partial charge < -0.3 is 5.11 Å². The number of sulfonamides is 1. The smallest absolute Gasteiger partial charge is 0.304 e. The fourth-order valence-corrected chi connectivity index (χ4v) is 2.77. The molecule has 0 radical (unpaired) electrons. The molecule has 2 N–H and O–H groups in total. The van der Waals surface area contributed by atoms with Gasteiger partial charge in [-0.15, -0.1) is 0 Å². The van der Waals surface area contributed by atoms with Crippen LogP contribution in [0, 0.1) is 0 Å². The summed E-state index contributed by atoms with van der Waals surface area (Å²) in [5.74, 6) is -1.03. The van der Waals surface area contributed by atoms with Crippen molar-refractivity contribution in [3.63, 3.8) is 0 Å². The zero-order valence-corrected chi connectivity index (χ0v) is 10.3. The monoisotopic (exact) mass is 257 g/mol. The highest BCUT2D eigenvalue weighted by molar-refractivity contribution is 7.89. The molecule has 0 heterocycles. The molecule has 0 amide bonds. The Labute approximate surface area is 101 Å². The van der Waals surface area contributed by atoms with E-state index < -0.39 is 16.0 Å². The third-order valence-corrected chi connectivity index (χ3v) is 3.84. The standard InChI is InChI=1S/C11H15NO4S/c1-2-9-5-3-4-6-10(9)17(15,16)12-8-7-11(13)14/h3-6,12H,2,7-8H2,1H3,(H,13,14). The molecule has 0 aliphatic heterocycles. The van der Waals surface area contributed by atoms with Crippen LogP contribution in [0.1, 0.15) is 18.9 Å². The van der Waals surface area contributed by atoms with E-state index in [1.807, 2.05) is 6.92 Å². The number of benzene rings is 1. The minimum atomic E-state index is -3.61. The average molecular weight is 257 g/mol. The van der Waals surface area contributed by atoms with Crippen molar-refractivity contribution in [3.8, 4) is 0 Å². The van der Waals surface area contributed by atoms with E-state index >= 15 is 0 Å². The van der Waals surface area contributed by atoms with Crippen LogP contribution in [0.25, 0.3) is 0 Å². The van der Waals surface area contributed by atoms with E-state index in [-0.39, 0.29) is 17.9 Å². The van der Waals surface area contributed by atoms with Gasteiger partial charge in [-0.1, -0.05) is 25.1 Å². The normalized spacial score (nSPS) is 11.4. The molecule has 1 aromatic carbocycles. The van der Waals surface area contributed by atoms with E-state index in [2.05, 4.69) is 4.72 Å². The first-order valence-corrected chi connectivity index (χ1v) is 6.75. The van der Waals surface area contributed by atoms with Crippen LogP contribution in [0.2, 0.25) is 0 Å². The van der Waals surface area contributed by atoms with Crippen LogP contribution in [-0.2, 0) is 21.2 Å². The Morgan fingerprint density at radius 1 is 1.35 bits per heavy atom. The van der Waals surface area contributed by atoms with Gasteiger partial charge in [0.1, 0.15) is 0 Å². The predicted octanol–water partition coefficient (Wildman–Crippen LogP) is 1.00. The van der Waals surface area contributed by atoms with Gasteiger partial charge >= 0.3 is 5.97 Å². The number of nitrogens with one attached hydrogen (secondary N) is 1. The number of carboxylic acid groups (broad SMARTS) is 1. The third-order valence-electron chi connectivity index (χ3n) is 2.27. The van der Waals surface area contributed by atoms with E-state index in [1.165, 1.54) is 6.07 Å². The first-order chi connectivity index (χ1) is 7.97. The molecule has 0 bridgehead atoms. The zero-order chi connectivity index (χ0) is 12.9. The van der Waals surface area contributed by atoms with Crippen LogP contribution in [0.15, 0.2) is 29.2 Å². The summed E-state index contributed by atoms with van der Waals surface area (Å²) < 4.78 is 26.1. The van der Waals surface area contributed by atoms with Crippen LogP contribution in [0.3, 0.4) is 0 Å². The van der Waals surface area contributed by atoms with E-state index in [4.69, 9.17) is 5.11 Å². The SMILES string of the molecule is CCc1ccccc1S(=O)(=O)NCCC(=O)O. The Balaban J connectivity index is 2.86. The van der Waals surface area contributed by atoms with E-state index in [0.717, 1.165) is 5.56 Å². The van der Waals surface area contributed by atoms with Crippen molar-refractivity contribution < 1.29 is 18.3 Å². The lowest BCUT2D eigenvalue weighted by Gasteiger charge is -2.09. The van der Waals surface area contributed by atoms with Crippen LogP contribution >= 0.6 is 0 Å². The van der Waals surface area contributed by atoms with Gasteiger partial charge in [0.25, 0.3) is 0 Å². The lowest BCUT2D eigenvalue weighted by Crippen LogP contribution is -2.27. The highest BCUT2D eigenvalue weighted by Gasteiger charge is 2.16. The number of rotatable bonds is 6. The maximum atomic E-state index is 11.9. The molecule has 0 atom stereocenters. The Hall–Kier alpha value is -1.40. The minimum Gasteiger partial charge on any atom is -0.481 e. The molecule has 94 valence electrons. The topological polar surface area (TPSA) is 83.5 Å². The van der Waals surface area contributed by atoms with Crippen molar-refractivity contribution in [2.75, 3.05) is 6.54 Å². The maximum Gasteiger partial charge on any atom is 0.304 e. The van der Waals surface area contributed by atoms with Gasteiger partial charge in [0.2, 0.25) is 10.0 Å². The van der Waals surface area contributed by atoms with Crippen molar-refractivity contribution >= 4 is 16.0 Å². The molecule has 0 fully saturated rings. The Morgan fingerprint density at radius 3 is 2.59 bits per heavy atom. The number of carbonyl (C=O) groups is 1. The van der Waals surface area contributed by atoms with Crippen molar-refractivity contribution in [1.29, 1.82) is 0 Å². The van der Waals surface area contributed by atoms with Gasteiger partial charge in [0.05, 0.1) is 11.3 Å². The number of hydrogen-bond donors (Lipinski definition) is 2. The van der Waals surface area contributed by atoms with Crippen molar-refractivity contribution in [2.45, 2.75) is 24.7 Å². The molecular weight excluding hydrogens is 242 g/mol.